The number of thiophene rings is 1. The summed E-state index contributed by atoms with van der Waals surface area (Å²) >= 11 is 1.40. The van der Waals surface area contributed by atoms with Gasteiger partial charge in [0.2, 0.25) is 0 Å². The predicted octanol–water partition coefficient (Wildman–Crippen LogP) is 1.19. The molecule has 0 saturated carbocycles. The van der Waals surface area contributed by atoms with Crippen molar-refractivity contribution in [1.29, 1.82) is 0 Å². The summed E-state index contributed by atoms with van der Waals surface area (Å²) in [7, 11) is 0. The number of nitrogens with zero attached hydrogens (tertiary/aromatic N) is 1. The number of hydrogen-bond acceptors (Lipinski definition) is 4. The predicted molar refractivity (Wildman–Crippen MR) is 60.0 cm³/mol. The lowest BCUT2D eigenvalue weighted by molar-refractivity contribution is 0.00392. The highest BCUT2D eigenvalue weighted by molar-refractivity contribution is 7.12. The molecule has 0 radical (unpaired) electrons. The van der Waals surface area contributed by atoms with Crippen molar-refractivity contribution in [3.63, 3.8) is 0 Å². The normalized spacial score (nSPS) is 21.7. The zero-order valence-corrected chi connectivity index (χ0v) is 9.42. The zero-order chi connectivity index (χ0) is 10.8. The second-order valence-electron chi connectivity index (χ2n) is 3.63. The molecule has 0 bridgehead atoms. The largest absolute Gasteiger partial charge is 0.397 e. The van der Waals surface area contributed by atoms with E-state index >= 15 is 0 Å². The van der Waals surface area contributed by atoms with Gasteiger partial charge in [-0.1, -0.05) is 0 Å². The van der Waals surface area contributed by atoms with E-state index in [1.54, 1.807) is 6.07 Å². The fourth-order valence-electron chi connectivity index (χ4n) is 1.65. The zero-order valence-electron chi connectivity index (χ0n) is 8.60. The maximum absolute atomic E-state index is 12.1. The van der Waals surface area contributed by atoms with Gasteiger partial charge in [-0.05, 0) is 18.4 Å². The van der Waals surface area contributed by atoms with Gasteiger partial charge in [-0.25, -0.2) is 0 Å². The molecular formula is C10H14N2O2S. The lowest BCUT2D eigenvalue weighted by atomic mass is 10.2. The van der Waals surface area contributed by atoms with Crippen molar-refractivity contribution in [2.24, 2.45) is 0 Å². The lowest BCUT2D eigenvalue weighted by Crippen LogP contribution is -2.47. The van der Waals surface area contributed by atoms with Crippen molar-refractivity contribution in [2.45, 2.75) is 13.0 Å². The van der Waals surface area contributed by atoms with E-state index in [9.17, 15) is 4.79 Å². The molecule has 1 aromatic rings. The van der Waals surface area contributed by atoms with Crippen molar-refractivity contribution in [3.8, 4) is 0 Å². The van der Waals surface area contributed by atoms with Crippen molar-refractivity contribution in [3.05, 3.63) is 16.3 Å². The minimum atomic E-state index is 0.0262. The molecule has 0 aromatic carbocycles. The first-order valence-electron chi connectivity index (χ1n) is 4.92. The second kappa shape index (κ2) is 4.20. The van der Waals surface area contributed by atoms with Gasteiger partial charge in [0.05, 0.1) is 24.9 Å². The van der Waals surface area contributed by atoms with Gasteiger partial charge < -0.3 is 15.4 Å². The number of carbonyl (C=O) groups is 1. The van der Waals surface area contributed by atoms with E-state index in [1.165, 1.54) is 11.3 Å². The van der Waals surface area contributed by atoms with E-state index in [2.05, 4.69) is 0 Å². The number of anilines is 1. The maximum Gasteiger partial charge on any atom is 0.266 e. The van der Waals surface area contributed by atoms with Crippen LogP contribution in [0.15, 0.2) is 11.4 Å². The quantitative estimate of drug-likeness (QED) is 0.782. The number of hydrogen-bond donors (Lipinski definition) is 1. The molecular weight excluding hydrogens is 212 g/mol. The summed E-state index contributed by atoms with van der Waals surface area (Å²) in [4.78, 5) is 14.6. The number of rotatable bonds is 1. The van der Waals surface area contributed by atoms with Gasteiger partial charge in [-0.2, -0.15) is 0 Å². The number of morpholine rings is 1. The molecule has 1 saturated heterocycles. The molecule has 5 heteroatoms. The molecule has 2 N–H and O–H groups in total. The van der Waals surface area contributed by atoms with E-state index in [1.807, 2.05) is 17.2 Å². The smallest absolute Gasteiger partial charge is 0.266 e. The van der Waals surface area contributed by atoms with E-state index in [4.69, 9.17) is 10.5 Å². The number of amides is 1. The Hall–Kier alpha value is -1.07. The summed E-state index contributed by atoms with van der Waals surface area (Å²) in [5.74, 6) is 0.0262. The van der Waals surface area contributed by atoms with Crippen LogP contribution >= 0.6 is 11.3 Å². The molecule has 4 nitrogen and oxygen atoms in total. The summed E-state index contributed by atoms with van der Waals surface area (Å²) in [6.45, 7) is 3.86. The highest BCUT2D eigenvalue weighted by Crippen LogP contribution is 2.22. The molecule has 1 fully saturated rings. The molecule has 2 heterocycles. The van der Waals surface area contributed by atoms with E-state index in [-0.39, 0.29) is 11.9 Å². The van der Waals surface area contributed by atoms with Crippen LogP contribution < -0.4 is 5.73 Å². The van der Waals surface area contributed by atoms with Crippen LogP contribution in [0.4, 0.5) is 5.69 Å². The Kier molecular flexibility index (Phi) is 2.93. The molecule has 1 unspecified atom stereocenters. The van der Waals surface area contributed by atoms with E-state index in [0.29, 0.717) is 30.3 Å². The minimum absolute atomic E-state index is 0.0262. The molecule has 82 valence electrons. The number of carbonyl (C=O) groups excluding carboxylic acids is 1. The standard InChI is InChI=1S/C10H14N2O2S/c1-7-6-14-4-3-12(7)10(13)9-8(11)2-5-15-9/h2,5,7H,3-4,6,11H2,1H3. The second-order valence-corrected chi connectivity index (χ2v) is 4.54. The van der Waals surface area contributed by atoms with Crippen LogP contribution in [0, 0.1) is 0 Å². The number of ether oxygens (including phenoxy) is 1. The Labute approximate surface area is 92.6 Å². The monoisotopic (exact) mass is 226 g/mol. The van der Waals surface area contributed by atoms with Crippen LogP contribution in [0.2, 0.25) is 0 Å². The maximum atomic E-state index is 12.1. The SMILES string of the molecule is CC1COCCN1C(=O)c1sccc1N. The third kappa shape index (κ3) is 1.98. The Bertz CT molecular complexity index is 364. The molecule has 2 rings (SSSR count). The van der Waals surface area contributed by atoms with Gasteiger partial charge in [0.25, 0.3) is 5.91 Å². The van der Waals surface area contributed by atoms with Gasteiger partial charge >= 0.3 is 0 Å². The summed E-state index contributed by atoms with van der Waals surface area (Å²) < 4.78 is 5.29. The van der Waals surface area contributed by atoms with E-state index < -0.39 is 0 Å². The summed E-state index contributed by atoms with van der Waals surface area (Å²) in [6, 6.07) is 1.90. The molecule has 1 atom stereocenters. The summed E-state index contributed by atoms with van der Waals surface area (Å²) in [5.41, 5.74) is 6.30. The Morgan fingerprint density at radius 2 is 2.53 bits per heavy atom. The number of nitrogen functional groups attached to an aromatic ring is 1. The fraction of sp³-hybridized carbons (Fsp3) is 0.500. The van der Waals surface area contributed by atoms with Crippen molar-refractivity contribution in [1.82, 2.24) is 4.90 Å². The van der Waals surface area contributed by atoms with Gasteiger partial charge in [0.15, 0.2) is 0 Å². The summed E-state index contributed by atoms with van der Waals surface area (Å²) in [5, 5.41) is 1.84. The van der Waals surface area contributed by atoms with Crippen LogP contribution in [0.1, 0.15) is 16.6 Å². The van der Waals surface area contributed by atoms with Gasteiger partial charge in [-0.3, -0.25) is 4.79 Å². The fourth-order valence-corrected chi connectivity index (χ4v) is 2.43. The van der Waals surface area contributed by atoms with E-state index in [0.717, 1.165) is 0 Å². The molecule has 1 aliphatic heterocycles. The van der Waals surface area contributed by atoms with Crippen molar-refractivity contribution < 1.29 is 9.53 Å². The molecule has 1 amide bonds. The van der Waals surface area contributed by atoms with Crippen LogP contribution in [0.5, 0.6) is 0 Å². The molecule has 0 aliphatic carbocycles. The van der Waals surface area contributed by atoms with Crippen molar-refractivity contribution >= 4 is 22.9 Å². The first-order valence-corrected chi connectivity index (χ1v) is 5.80. The Morgan fingerprint density at radius 3 is 3.13 bits per heavy atom. The summed E-state index contributed by atoms with van der Waals surface area (Å²) in [6.07, 6.45) is 0. The number of nitrogens with two attached hydrogens (primary N) is 1. The first kappa shape index (κ1) is 10.4. The highest BCUT2D eigenvalue weighted by Gasteiger charge is 2.26. The Balaban J connectivity index is 2.17. The van der Waals surface area contributed by atoms with Gasteiger partial charge in [-0.15, -0.1) is 11.3 Å². The van der Waals surface area contributed by atoms with Crippen LogP contribution in [0.25, 0.3) is 0 Å². The van der Waals surface area contributed by atoms with Gasteiger partial charge in [0, 0.05) is 6.54 Å². The minimum Gasteiger partial charge on any atom is -0.397 e. The van der Waals surface area contributed by atoms with Crippen LogP contribution in [-0.4, -0.2) is 36.6 Å². The molecule has 1 aromatic heterocycles. The lowest BCUT2D eigenvalue weighted by Gasteiger charge is -2.33. The van der Waals surface area contributed by atoms with Crippen LogP contribution in [0.3, 0.4) is 0 Å². The molecule has 1 aliphatic rings. The third-order valence-electron chi connectivity index (χ3n) is 2.52. The van der Waals surface area contributed by atoms with Crippen LogP contribution in [-0.2, 0) is 4.74 Å². The Morgan fingerprint density at radius 1 is 1.73 bits per heavy atom. The van der Waals surface area contributed by atoms with Crippen molar-refractivity contribution in [2.75, 3.05) is 25.5 Å². The van der Waals surface area contributed by atoms with Gasteiger partial charge in [0.1, 0.15) is 4.88 Å². The first-order chi connectivity index (χ1) is 7.20. The highest BCUT2D eigenvalue weighted by atomic mass is 32.1. The molecule has 15 heavy (non-hydrogen) atoms. The molecule has 0 spiro atoms. The average Bonchev–Trinajstić information content (AvgIpc) is 2.64. The third-order valence-corrected chi connectivity index (χ3v) is 3.44. The topological polar surface area (TPSA) is 55.6 Å². The average molecular weight is 226 g/mol.